The zero-order valence-electron chi connectivity index (χ0n) is 11.1. The van der Waals surface area contributed by atoms with E-state index < -0.39 is 0 Å². The van der Waals surface area contributed by atoms with Gasteiger partial charge in [-0.2, -0.15) is 0 Å². The molecule has 1 amide bonds. The van der Waals surface area contributed by atoms with E-state index in [9.17, 15) is 9.59 Å². The maximum atomic E-state index is 12.0. The Morgan fingerprint density at radius 1 is 1.25 bits per heavy atom. The topological polar surface area (TPSA) is 72.2 Å². The van der Waals surface area contributed by atoms with Crippen molar-refractivity contribution in [2.45, 2.75) is 25.7 Å². The van der Waals surface area contributed by atoms with Crippen molar-refractivity contribution in [3.05, 3.63) is 47.3 Å². The number of carbonyl (C=O) groups excluding carboxylic acids is 2. The summed E-state index contributed by atoms with van der Waals surface area (Å²) in [5, 5.41) is 6.50. The van der Waals surface area contributed by atoms with E-state index in [1.165, 1.54) is 6.92 Å². The minimum Gasteiger partial charge on any atom is -0.360 e. The van der Waals surface area contributed by atoms with Crippen LogP contribution < -0.4 is 5.32 Å². The number of nitrogens with one attached hydrogen (secondary N) is 1. The number of nitrogens with zero attached hydrogens (tertiary/aromatic N) is 1. The van der Waals surface area contributed by atoms with Gasteiger partial charge in [-0.15, -0.1) is 0 Å². The molecule has 1 saturated carbocycles. The molecular formula is C15H14N2O3. The molecule has 1 aromatic carbocycles. The van der Waals surface area contributed by atoms with Gasteiger partial charge in [-0.05, 0) is 44.0 Å². The molecule has 2 aromatic rings. The lowest BCUT2D eigenvalue weighted by Gasteiger charge is -2.03. The predicted molar refractivity (Wildman–Crippen MR) is 72.9 cm³/mol. The maximum absolute atomic E-state index is 12.0. The zero-order valence-corrected chi connectivity index (χ0v) is 11.1. The van der Waals surface area contributed by atoms with E-state index in [4.69, 9.17) is 4.52 Å². The number of hydrogen-bond acceptors (Lipinski definition) is 4. The summed E-state index contributed by atoms with van der Waals surface area (Å²) in [6, 6.07) is 8.43. The van der Waals surface area contributed by atoms with Gasteiger partial charge in [0.2, 0.25) is 0 Å². The quantitative estimate of drug-likeness (QED) is 0.867. The molecule has 1 heterocycles. The molecule has 0 radical (unpaired) electrons. The van der Waals surface area contributed by atoms with Crippen LogP contribution in [0.2, 0.25) is 0 Å². The first kappa shape index (κ1) is 12.6. The zero-order chi connectivity index (χ0) is 14.1. The second-order valence-corrected chi connectivity index (χ2v) is 4.98. The van der Waals surface area contributed by atoms with Gasteiger partial charge in [-0.1, -0.05) is 5.16 Å². The molecule has 0 atom stereocenters. The van der Waals surface area contributed by atoms with Crippen LogP contribution in [-0.2, 0) is 0 Å². The number of anilines is 1. The number of hydrogen-bond donors (Lipinski definition) is 1. The lowest BCUT2D eigenvalue weighted by Crippen LogP contribution is -2.12. The summed E-state index contributed by atoms with van der Waals surface area (Å²) in [5.74, 6) is 0.894. The molecule has 102 valence electrons. The molecule has 1 N–H and O–H groups in total. The Balaban J connectivity index is 1.69. The van der Waals surface area contributed by atoms with Crippen molar-refractivity contribution in [2.75, 3.05) is 5.32 Å². The first-order chi connectivity index (χ1) is 9.63. The maximum Gasteiger partial charge on any atom is 0.277 e. The SMILES string of the molecule is CC(=O)c1ccc(NC(=O)c2cc(C3CC3)on2)cc1. The molecule has 0 unspecified atom stereocenters. The van der Waals surface area contributed by atoms with Gasteiger partial charge in [-0.25, -0.2) is 0 Å². The summed E-state index contributed by atoms with van der Waals surface area (Å²) in [4.78, 5) is 23.2. The van der Waals surface area contributed by atoms with E-state index in [0.717, 1.165) is 18.6 Å². The summed E-state index contributed by atoms with van der Waals surface area (Å²) in [5.41, 5.74) is 1.51. The van der Waals surface area contributed by atoms with Gasteiger partial charge in [0.1, 0.15) is 5.76 Å². The molecule has 1 aromatic heterocycles. The van der Waals surface area contributed by atoms with Gasteiger partial charge in [-0.3, -0.25) is 9.59 Å². The van der Waals surface area contributed by atoms with E-state index in [-0.39, 0.29) is 17.4 Å². The van der Waals surface area contributed by atoms with Crippen LogP contribution in [-0.4, -0.2) is 16.8 Å². The van der Waals surface area contributed by atoms with Crippen LogP contribution in [0.15, 0.2) is 34.9 Å². The van der Waals surface area contributed by atoms with E-state index in [1.807, 2.05) is 0 Å². The van der Waals surface area contributed by atoms with Crippen LogP contribution in [0, 0.1) is 0 Å². The van der Waals surface area contributed by atoms with Gasteiger partial charge in [0.25, 0.3) is 5.91 Å². The molecule has 20 heavy (non-hydrogen) atoms. The second-order valence-electron chi connectivity index (χ2n) is 4.98. The van der Waals surface area contributed by atoms with Crippen molar-refractivity contribution < 1.29 is 14.1 Å². The molecular weight excluding hydrogens is 256 g/mol. The Hall–Kier alpha value is -2.43. The molecule has 3 rings (SSSR count). The number of ketones is 1. The summed E-state index contributed by atoms with van der Waals surface area (Å²) in [6.07, 6.45) is 2.20. The minimum atomic E-state index is -0.309. The normalized spacial score (nSPS) is 14.1. The fourth-order valence-corrected chi connectivity index (χ4v) is 1.94. The second kappa shape index (κ2) is 4.92. The molecule has 0 aliphatic heterocycles. The molecule has 0 bridgehead atoms. The van der Waals surface area contributed by atoms with Crippen LogP contribution in [0.5, 0.6) is 0 Å². The highest BCUT2D eigenvalue weighted by molar-refractivity contribution is 6.03. The molecule has 0 saturated heterocycles. The van der Waals surface area contributed by atoms with Crippen molar-refractivity contribution >= 4 is 17.4 Å². The number of aromatic nitrogens is 1. The predicted octanol–water partition coefficient (Wildman–Crippen LogP) is 3.01. The molecule has 1 aliphatic carbocycles. The molecule has 1 fully saturated rings. The number of Topliss-reactive ketones (excluding diaryl/α,β-unsaturated/α-hetero) is 1. The van der Waals surface area contributed by atoms with Crippen molar-refractivity contribution in [3.63, 3.8) is 0 Å². The Kier molecular flexibility index (Phi) is 3.10. The monoisotopic (exact) mass is 270 g/mol. The average molecular weight is 270 g/mol. The van der Waals surface area contributed by atoms with Crippen LogP contribution in [0.1, 0.15) is 52.3 Å². The Bertz CT molecular complexity index is 654. The molecule has 5 nitrogen and oxygen atoms in total. The third-order valence-electron chi connectivity index (χ3n) is 3.29. The highest BCUT2D eigenvalue weighted by Crippen LogP contribution is 2.40. The Labute approximate surface area is 116 Å². The van der Waals surface area contributed by atoms with Crippen molar-refractivity contribution in [1.82, 2.24) is 5.16 Å². The Morgan fingerprint density at radius 3 is 2.55 bits per heavy atom. The number of rotatable bonds is 4. The standard InChI is InChI=1S/C15H14N2O3/c1-9(18)10-4-6-12(7-5-10)16-15(19)13-8-14(20-17-13)11-2-3-11/h4-8,11H,2-3H2,1H3,(H,16,19). The largest absolute Gasteiger partial charge is 0.360 e. The van der Waals surface area contributed by atoms with Crippen LogP contribution in [0.25, 0.3) is 0 Å². The van der Waals surface area contributed by atoms with E-state index >= 15 is 0 Å². The molecule has 0 spiro atoms. The summed E-state index contributed by atoms with van der Waals surface area (Å²) in [6.45, 7) is 1.50. The average Bonchev–Trinajstić information content (AvgIpc) is 3.17. The van der Waals surface area contributed by atoms with Crippen molar-refractivity contribution in [3.8, 4) is 0 Å². The molecule has 5 heteroatoms. The van der Waals surface area contributed by atoms with E-state index in [2.05, 4.69) is 10.5 Å². The van der Waals surface area contributed by atoms with Crippen LogP contribution in [0.3, 0.4) is 0 Å². The third kappa shape index (κ3) is 2.61. The van der Waals surface area contributed by atoms with Gasteiger partial charge in [0.15, 0.2) is 11.5 Å². The lowest BCUT2D eigenvalue weighted by atomic mass is 10.1. The minimum absolute atomic E-state index is 0.00606. The highest BCUT2D eigenvalue weighted by atomic mass is 16.5. The first-order valence-corrected chi connectivity index (χ1v) is 6.52. The van der Waals surface area contributed by atoms with E-state index in [0.29, 0.717) is 17.2 Å². The first-order valence-electron chi connectivity index (χ1n) is 6.52. The van der Waals surface area contributed by atoms with E-state index in [1.54, 1.807) is 30.3 Å². The van der Waals surface area contributed by atoms with Gasteiger partial charge in [0, 0.05) is 23.2 Å². The fourth-order valence-electron chi connectivity index (χ4n) is 1.94. The third-order valence-corrected chi connectivity index (χ3v) is 3.29. The summed E-state index contributed by atoms with van der Waals surface area (Å²) < 4.78 is 5.14. The smallest absolute Gasteiger partial charge is 0.277 e. The number of benzene rings is 1. The van der Waals surface area contributed by atoms with Gasteiger partial charge in [0.05, 0.1) is 0 Å². The van der Waals surface area contributed by atoms with Crippen molar-refractivity contribution in [1.29, 1.82) is 0 Å². The van der Waals surface area contributed by atoms with Crippen LogP contribution in [0.4, 0.5) is 5.69 Å². The summed E-state index contributed by atoms with van der Waals surface area (Å²) >= 11 is 0. The van der Waals surface area contributed by atoms with Crippen molar-refractivity contribution in [2.24, 2.45) is 0 Å². The van der Waals surface area contributed by atoms with Gasteiger partial charge < -0.3 is 9.84 Å². The number of carbonyl (C=O) groups is 2. The summed E-state index contributed by atoms with van der Waals surface area (Å²) in [7, 11) is 0. The van der Waals surface area contributed by atoms with Gasteiger partial charge >= 0.3 is 0 Å². The highest BCUT2D eigenvalue weighted by Gasteiger charge is 2.28. The molecule has 1 aliphatic rings. The lowest BCUT2D eigenvalue weighted by molar-refractivity contribution is 0.101. The fraction of sp³-hybridized carbons (Fsp3) is 0.267. The van der Waals surface area contributed by atoms with Crippen LogP contribution >= 0.6 is 0 Å². The number of amides is 1. The Morgan fingerprint density at radius 2 is 1.95 bits per heavy atom.